The van der Waals surface area contributed by atoms with Gasteiger partial charge in [-0.15, -0.1) is 0 Å². The molecule has 1 aromatic carbocycles. The van der Waals surface area contributed by atoms with E-state index in [9.17, 15) is 0 Å². The Morgan fingerprint density at radius 3 is 2.53 bits per heavy atom. The van der Waals surface area contributed by atoms with E-state index in [1.807, 2.05) is 18.2 Å². The van der Waals surface area contributed by atoms with Gasteiger partial charge in [-0.2, -0.15) is 0 Å². The highest BCUT2D eigenvalue weighted by molar-refractivity contribution is 5.95. The molecule has 0 atom stereocenters. The first-order valence-corrected chi connectivity index (χ1v) is 5.02. The number of allylic oxidation sites excluding steroid dienone is 2. The van der Waals surface area contributed by atoms with Gasteiger partial charge in [0, 0.05) is 0 Å². The van der Waals surface area contributed by atoms with Crippen molar-refractivity contribution >= 4 is 5.84 Å². The molecule has 0 amide bonds. The van der Waals surface area contributed by atoms with Crippen LogP contribution in [0.5, 0.6) is 0 Å². The van der Waals surface area contributed by atoms with Crippen LogP contribution in [0.2, 0.25) is 0 Å². The van der Waals surface area contributed by atoms with Crippen LogP contribution >= 0.6 is 0 Å². The third kappa shape index (κ3) is 1.99. The van der Waals surface area contributed by atoms with Crippen molar-refractivity contribution in [2.75, 3.05) is 14.1 Å². The molecule has 1 aliphatic heterocycles. The Kier molecular flexibility index (Phi) is 2.68. The third-order valence-corrected chi connectivity index (χ3v) is 2.43. The van der Waals surface area contributed by atoms with Gasteiger partial charge in [0.15, 0.2) is 0 Å². The van der Waals surface area contributed by atoms with Gasteiger partial charge in [0.2, 0.25) is 0 Å². The minimum absolute atomic E-state index is 1.18. The molecule has 0 N–H and O–H groups in total. The number of hydrogen-bond acceptors (Lipinski definition) is 1. The predicted molar refractivity (Wildman–Crippen MR) is 62.8 cm³/mol. The number of rotatable bonds is 1. The van der Waals surface area contributed by atoms with Gasteiger partial charge in [-0.05, 0) is 24.3 Å². The Balaban J connectivity index is 2.50. The molecule has 15 heavy (non-hydrogen) atoms. The lowest BCUT2D eigenvalue weighted by atomic mass is 10.2. The van der Waals surface area contributed by atoms with Crippen LogP contribution in [-0.2, 0) is 0 Å². The summed E-state index contributed by atoms with van der Waals surface area (Å²) in [6.07, 6.45) is 8.18. The van der Waals surface area contributed by atoms with E-state index >= 15 is 0 Å². The maximum Gasteiger partial charge on any atom is 0.288 e. The van der Waals surface area contributed by atoms with E-state index in [-0.39, 0.29) is 0 Å². The minimum atomic E-state index is 1.18. The molecule has 1 heterocycles. The van der Waals surface area contributed by atoms with Crippen LogP contribution in [0.25, 0.3) is 0 Å². The number of benzene rings is 1. The largest absolute Gasteiger partial charge is 0.288 e. The Hall–Kier alpha value is -1.83. The molecule has 0 saturated heterocycles. The predicted octanol–water partition coefficient (Wildman–Crippen LogP) is 2.05. The summed E-state index contributed by atoms with van der Waals surface area (Å²) in [7, 11) is 4.12. The Morgan fingerprint density at radius 2 is 1.80 bits per heavy atom. The average molecular weight is 199 g/mol. The fourth-order valence-electron chi connectivity index (χ4n) is 1.74. The lowest BCUT2D eigenvalue weighted by Crippen LogP contribution is -2.28. The fraction of sp³-hybridized carbons (Fsp3) is 0.154. The van der Waals surface area contributed by atoms with E-state index in [0.29, 0.717) is 0 Å². The second-order valence-corrected chi connectivity index (χ2v) is 3.59. The average Bonchev–Trinajstić information content (AvgIpc) is 2.41. The summed E-state index contributed by atoms with van der Waals surface area (Å²) in [4.78, 5) is 2.12. The standard InChI is InChI=1S/C13H15N2/c1-14-10-6-7-11-15(2)13(14)12-8-4-3-5-9-12/h3-11H,1-2H3/q+1. The van der Waals surface area contributed by atoms with Crippen LogP contribution < -0.4 is 0 Å². The third-order valence-electron chi connectivity index (χ3n) is 2.43. The summed E-state index contributed by atoms with van der Waals surface area (Å²) in [5, 5.41) is 0. The highest BCUT2D eigenvalue weighted by Gasteiger charge is 2.17. The molecule has 0 unspecified atom stereocenters. The Labute approximate surface area is 90.5 Å². The highest BCUT2D eigenvalue weighted by atomic mass is 15.2. The van der Waals surface area contributed by atoms with Crippen LogP contribution in [0.15, 0.2) is 54.9 Å². The van der Waals surface area contributed by atoms with Crippen molar-refractivity contribution in [3.05, 3.63) is 60.4 Å². The van der Waals surface area contributed by atoms with E-state index in [4.69, 9.17) is 0 Å². The molecular weight excluding hydrogens is 184 g/mol. The van der Waals surface area contributed by atoms with Crippen LogP contribution in [-0.4, -0.2) is 29.4 Å². The molecule has 2 rings (SSSR count). The van der Waals surface area contributed by atoms with Crippen molar-refractivity contribution in [3.8, 4) is 0 Å². The second-order valence-electron chi connectivity index (χ2n) is 3.59. The summed E-state index contributed by atoms with van der Waals surface area (Å²) < 4.78 is 2.12. The van der Waals surface area contributed by atoms with Crippen molar-refractivity contribution < 1.29 is 4.58 Å². The smallest absolute Gasteiger partial charge is 0.236 e. The lowest BCUT2D eigenvalue weighted by molar-refractivity contribution is -0.426. The molecule has 2 nitrogen and oxygen atoms in total. The van der Waals surface area contributed by atoms with Crippen LogP contribution in [0.1, 0.15) is 5.56 Å². The van der Waals surface area contributed by atoms with E-state index in [1.54, 1.807) is 0 Å². The molecule has 76 valence electrons. The molecule has 0 aromatic heterocycles. The quantitative estimate of drug-likeness (QED) is 0.627. The maximum atomic E-state index is 2.12. The molecule has 0 spiro atoms. The molecule has 2 heteroatoms. The van der Waals surface area contributed by atoms with Gasteiger partial charge in [-0.3, -0.25) is 0 Å². The maximum absolute atomic E-state index is 2.12. The molecular formula is C13H15N2+. The SMILES string of the molecule is CN1C=CC=C[N+](C)=C1c1ccccc1. The van der Waals surface area contributed by atoms with Crippen LogP contribution in [0.4, 0.5) is 0 Å². The first-order chi connectivity index (χ1) is 7.29. The van der Waals surface area contributed by atoms with E-state index in [2.05, 4.69) is 60.2 Å². The van der Waals surface area contributed by atoms with Gasteiger partial charge in [0.1, 0.15) is 0 Å². The van der Waals surface area contributed by atoms with Crippen LogP contribution in [0.3, 0.4) is 0 Å². The lowest BCUT2D eigenvalue weighted by Gasteiger charge is -2.10. The zero-order chi connectivity index (χ0) is 10.7. The van der Waals surface area contributed by atoms with Crippen molar-refractivity contribution in [3.63, 3.8) is 0 Å². The van der Waals surface area contributed by atoms with Crippen molar-refractivity contribution in [2.45, 2.75) is 0 Å². The number of amidine groups is 1. The molecule has 0 fully saturated rings. The Bertz CT molecular complexity index is 427. The first-order valence-electron chi connectivity index (χ1n) is 5.02. The number of hydrogen-bond donors (Lipinski definition) is 0. The topological polar surface area (TPSA) is 6.25 Å². The highest BCUT2D eigenvalue weighted by Crippen LogP contribution is 2.06. The van der Waals surface area contributed by atoms with E-state index in [1.165, 1.54) is 11.4 Å². The van der Waals surface area contributed by atoms with Crippen molar-refractivity contribution in [2.24, 2.45) is 0 Å². The molecule has 1 aliphatic rings. The number of nitrogens with zero attached hydrogens (tertiary/aromatic N) is 2. The van der Waals surface area contributed by atoms with Crippen LogP contribution in [0, 0.1) is 0 Å². The molecule has 0 aliphatic carbocycles. The van der Waals surface area contributed by atoms with Gasteiger partial charge in [0.05, 0.1) is 32.1 Å². The Morgan fingerprint density at radius 1 is 1.07 bits per heavy atom. The fourth-order valence-corrected chi connectivity index (χ4v) is 1.74. The van der Waals surface area contributed by atoms with Gasteiger partial charge in [0.25, 0.3) is 5.84 Å². The molecule has 1 aromatic rings. The van der Waals surface area contributed by atoms with E-state index < -0.39 is 0 Å². The summed E-state index contributed by atoms with van der Waals surface area (Å²) in [5.74, 6) is 1.18. The monoisotopic (exact) mass is 199 g/mol. The zero-order valence-corrected chi connectivity index (χ0v) is 9.09. The summed E-state index contributed by atoms with van der Waals surface area (Å²) in [5.41, 5.74) is 1.22. The minimum Gasteiger partial charge on any atom is -0.236 e. The van der Waals surface area contributed by atoms with Crippen molar-refractivity contribution in [1.82, 2.24) is 4.90 Å². The zero-order valence-electron chi connectivity index (χ0n) is 9.09. The summed E-state index contributed by atoms with van der Waals surface area (Å²) >= 11 is 0. The van der Waals surface area contributed by atoms with Gasteiger partial charge >= 0.3 is 0 Å². The van der Waals surface area contributed by atoms with Gasteiger partial charge < -0.3 is 0 Å². The summed E-state index contributed by atoms with van der Waals surface area (Å²) in [6.45, 7) is 0. The summed E-state index contributed by atoms with van der Waals surface area (Å²) in [6, 6.07) is 10.4. The normalized spacial score (nSPS) is 15.7. The molecule has 0 radical (unpaired) electrons. The molecule has 0 saturated carbocycles. The molecule has 0 bridgehead atoms. The van der Waals surface area contributed by atoms with Crippen molar-refractivity contribution in [1.29, 1.82) is 0 Å². The first kappa shape index (κ1) is 9.71. The van der Waals surface area contributed by atoms with Gasteiger partial charge in [-0.25, -0.2) is 9.48 Å². The van der Waals surface area contributed by atoms with Gasteiger partial charge in [-0.1, -0.05) is 18.2 Å². The second kappa shape index (κ2) is 4.13. The van der Waals surface area contributed by atoms with E-state index in [0.717, 1.165) is 0 Å².